The molecule has 0 heterocycles. The zero-order valence-corrected chi connectivity index (χ0v) is 9.06. The van der Waals surface area contributed by atoms with Crippen LogP contribution in [-0.2, 0) is 22.4 Å². The van der Waals surface area contributed by atoms with Crippen molar-refractivity contribution in [2.24, 2.45) is 0 Å². The Morgan fingerprint density at radius 3 is 2.53 bits per heavy atom. The van der Waals surface area contributed by atoms with Crippen LogP contribution in [0.25, 0.3) is 0 Å². The van der Waals surface area contributed by atoms with E-state index < -0.39 is 6.10 Å². The lowest BCUT2D eigenvalue weighted by Gasteiger charge is -2.09. The lowest BCUT2D eigenvalue weighted by Crippen LogP contribution is -2.10. The maximum absolute atomic E-state index is 11.1. The topological polar surface area (TPSA) is 46.5 Å². The number of aliphatic hydroxyl groups is 1. The molecule has 1 aromatic carbocycles. The molecular formula is C12H16O3. The molecule has 1 rings (SSSR count). The molecule has 82 valence electrons. The third-order valence-corrected chi connectivity index (χ3v) is 2.20. The van der Waals surface area contributed by atoms with E-state index in [1.807, 2.05) is 24.3 Å². The minimum atomic E-state index is -0.399. The average molecular weight is 208 g/mol. The first-order chi connectivity index (χ1) is 7.13. The van der Waals surface area contributed by atoms with Crippen LogP contribution in [-0.4, -0.2) is 24.3 Å². The minimum absolute atomic E-state index is 0.256. The first-order valence-electron chi connectivity index (χ1n) is 4.95. The van der Waals surface area contributed by atoms with E-state index in [2.05, 4.69) is 4.74 Å². The predicted molar refractivity (Wildman–Crippen MR) is 57.5 cm³/mol. The van der Waals surface area contributed by atoms with Crippen LogP contribution in [0.5, 0.6) is 0 Å². The second kappa shape index (κ2) is 5.51. The number of hydrogen-bond acceptors (Lipinski definition) is 3. The highest BCUT2D eigenvalue weighted by Crippen LogP contribution is 2.12. The fourth-order valence-electron chi connectivity index (χ4n) is 1.48. The fourth-order valence-corrected chi connectivity index (χ4v) is 1.48. The van der Waals surface area contributed by atoms with Crippen LogP contribution in [0.15, 0.2) is 24.3 Å². The number of benzene rings is 1. The summed E-state index contributed by atoms with van der Waals surface area (Å²) in [4.78, 5) is 11.1. The van der Waals surface area contributed by atoms with E-state index in [9.17, 15) is 9.90 Å². The Bertz CT molecular complexity index is 331. The summed E-state index contributed by atoms with van der Waals surface area (Å²) in [6.07, 6.45) is 0.427. The lowest BCUT2D eigenvalue weighted by atomic mass is 10.00. The predicted octanol–water partition coefficient (Wildman–Crippen LogP) is 1.33. The summed E-state index contributed by atoms with van der Waals surface area (Å²) in [6, 6.07) is 7.59. The Balaban J connectivity index is 2.81. The molecule has 0 saturated carbocycles. The van der Waals surface area contributed by atoms with Gasteiger partial charge in [0.1, 0.15) is 0 Å². The van der Waals surface area contributed by atoms with E-state index in [0.717, 1.165) is 11.1 Å². The standard InChI is InChI=1S/C12H16O3/c1-9(13)7-10-5-3-4-6-11(10)8-12(14)15-2/h3-6,9,13H,7-8H2,1-2H3. The third kappa shape index (κ3) is 3.72. The monoisotopic (exact) mass is 208 g/mol. The molecule has 0 aliphatic heterocycles. The molecule has 3 heteroatoms. The zero-order valence-electron chi connectivity index (χ0n) is 9.06. The zero-order chi connectivity index (χ0) is 11.3. The van der Waals surface area contributed by atoms with Gasteiger partial charge < -0.3 is 9.84 Å². The van der Waals surface area contributed by atoms with Crippen LogP contribution in [0.2, 0.25) is 0 Å². The van der Waals surface area contributed by atoms with Crippen molar-refractivity contribution in [3.8, 4) is 0 Å². The van der Waals surface area contributed by atoms with Crippen LogP contribution < -0.4 is 0 Å². The SMILES string of the molecule is COC(=O)Cc1ccccc1CC(C)O. The molecule has 0 fully saturated rings. The van der Waals surface area contributed by atoms with Gasteiger partial charge in [-0.25, -0.2) is 0 Å². The Labute approximate surface area is 89.7 Å². The van der Waals surface area contributed by atoms with Gasteiger partial charge in [-0.05, 0) is 24.5 Å². The second-order valence-corrected chi connectivity index (χ2v) is 3.57. The largest absolute Gasteiger partial charge is 0.469 e. The fraction of sp³-hybridized carbons (Fsp3) is 0.417. The van der Waals surface area contributed by atoms with Crippen molar-refractivity contribution < 1.29 is 14.6 Å². The van der Waals surface area contributed by atoms with E-state index >= 15 is 0 Å². The molecule has 0 spiro atoms. The van der Waals surface area contributed by atoms with E-state index in [-0.39, 0.29) is 12.4 Å². The van der Waals surface area contributed by atoms with Gasteiger partial charge in [0, 0.05) is 0 Å². The molecule has 0 aliphatic rings. The normalized spacial score (nSPS) is 12.2. The molecule has 0 saturated heterocycles. The summed E-state index contributed by atoms with van der Waals surface area (Å²) in [6.45, 7) is 1.73. The first kappa shape index (κ1) is 11.7. The van der Waals surface area contributed by atoms with E-state index in [4.69, 9.17) is 0 Å². The minimum Gasteiger partial charge on any atom is -0.469 e. The molecule has 1 aromatic rings. The number of aliphatic hydroxyl groups excluding tert-OH is 1. The van der Waals surface area contributed by atoms with Gasteiger partial charge in [0.25, 0.3) is 0 Å². The number of hydrogen-bond donors (Lipinski definition) is 1. The van der Waals surface area contributed by atoms with Gasteiger partial charge in [0.2, 0.25) is 0 Å². The number of ether oxygens (including phenoxy) is 1. The summed E-state index contributed by atoms with van der Waals surface area (Å²) in [5.74, 6) is -0.256. The summed E-state index contributed by atoms with van der Waals surface area (Å²) < 4.78 is 4.61. The van der Waals surface area contributed by atoms with Crippen LogP contribution in [0.1, 0.15) is 18.1 Å². The lowest BCUT2D eigenvalue weighted by molar-refractivity contribution is -0.139. The smallest absolute Gasteiger partial charge is 0.309 e. The van der Waals surface area contributed by atoms with Crippen LogP contribution in [0.4, 0.5) is 0 Å². The molecule has 1 unspecified atom stereocenters. The van der Waals surface area contributed by atoms with Crippen molar-refractivity contribution in [1.82, 2.24) is 0 Å². The van der Waals surface area contributed by atoms with Crippen molar-refractivity contribution in [3.05, 3.63) is 35.4 Å². The number of methoxy groups -OCH3 is 1. The number of carbonyl (C=O) groups is 1. The summed E-state index contributed by atoms with van der Waals surface area (Å²) >= 11 is 0. The highest BCUT2D eigenvalue weighted by atomic mass is 16.5. The molecular weight excluding hydrogens is 192 g/mol. The molecule has 3 nitrogen and oxygen atoms in total. The quantitative estimate of drug-likeness (QED) is 0.759. The second-order valence-electron chi connectivity index (χ2n) is 3.57. The van der Waals surface area contributed by atoms with Gasteiger partial charge in [0.05, 0.1) is 19.6 Å². The van der Waals surface area contributed by atoms with Crippen molar-refractivity contribution in [2.45, 2.75) is 25.9 Å². The van der Waals surface area contributed by atoms with E-state index in [0.29, 0.717) is 6.42 Å². The average Bonchev–Trinajstić information content (AvgIpc) is 2.20. The van der Waals surface area contributed by atoms with Gasteiger partial charge in [-0.3, -0.25) is 4.79 Å². The molecule has 0 amide bonds. The van der Waals surface area contributed by atoms with Gasteiger partial charge in [-0.15, -0.1) is 0 Å². The molecule has 1 atom stereocenters. The highest BCUT2D eigenvalue weighted by Gasteiger charge is 2.08. The Morgan fingerprint density at radius 1 is 1.40 bits per heavy atom. The van der Waals surface area contributed by atoms with Crippen molar-refractivity contribution in [1.29, 1.82) is 0 Å². The Morgan fingerprint density at radius 2 is 2.00 bits per heavy atom. The van der Waals surface area contributed by atoms with Crippen LogP contribution >= 0.6 is 0 Å². The van der Waals surface area contributed by atoms with Gasteiger partial charge in [0.15, 0.2) is 0 Å². The molecule has 1 N–H and O–H groups in total. The molecule has 0 aliphatic carbocycles. The first-order valence-corrected chi connectivity index (χ1v) is 4.95. The summed E-state index contributed by atoms with van der Waals surface area (Å²) in [7, 11) is 1.37. The Kier molecular flexibility index (Phi) is 4.31. The molecule has 0 aromatic heterocycles. The maximum Gasteiger partial charge on any atom is 0.309 e. The van der Waals surface area contributed by atoms with E-state index in [1.165, 1.54) is 7.11 Å². The van der Waals surface area contributed by atoms with Gasteiger partial charge in [-0.2, -0.15) is 0 Å². The number of carbonyl (C=O) groups excluding carboxylic acids is 1. The molecule has 0 bridgehead atoms. The summed E-state index contributed by atoms with van der Waals surface area (Å²) in [5, 5.41) is 9.31. The number of rotatable bonds is 4. The van der Waals surface area contributed by atoms with Crippen molar-refractivity contribution >= 4 is 5.97 Å². The molecule has 0 radical (unpaired) electrons. The number of esters is 1. The summed E-state index contributed by atoms with van der Waals surface area (Å²) in [5.41, 5.74) is 1.92. The van der Waals surface area contributed by atoms with Crippen molar-refractivity contribution in [2.75, 3.05) is 7.11 Å². The Hall–Kier alpha value is -1.35. The van der Waals surface area contributed by atoms with Gasteiger partial charge in [-0.1, -0.05) is 24.3 Å². The molecule has 15 heavy (non-hydrogen) atoms. The van der Waals surface area contributed by atoms with Crippen molar-refractivity contribution in [3.63, 3.8) is 0 Å². The van der Waals surface area contributed by atoms with Crippen LogP contribution in [0, 0.1) is 0 Å². The van der Waals surface area contributed by atoms with Gasteiger partial charge >= 0.3 is 5.97 Å². The maximum atomic E-state index is 11.1. The van der Waals surface area contributed by atoms with Crippen LogP contribution in [0.3, 0.4) is 0 Å². The third-order valence-electron chi connectivity index (χ3n) is 2.20. The highest BCUT2D eigenvalue weighted by molar-refractivity contribution is 5.72. The van der Waals surface area contributed by atoms with E-state index in [1.54, 1.807) is 6.92 Å².